The molecule has 0 atom stereocenters. The maximum absolute atomic E-state index is 6.79. The summed E-state index contributed by atoms with van der Waals surface area (Å²) in [6.45, 7) is 13.4. The molecule has 4 aromatic carbocycles. The number of nitrogens with zero attached hydrogens (tertiary/aromatic N) is 3. The van der Waals surface area contributed by atoms with Crippen molar-refractivity contribution < 1.29 is 21.8 Å². The Bertz CT molecular complexity index is 2000. The van der Waals surface area contributed by atoms with Crippen LogP contribution >= 0.6 is 0 Å². The molecule has 0 N–H and O–H groups in total. The predicted molar refractivity (Wildman–Crippen MR) is 260 cm³/mol. The predicted octanol–water partition coefficient (Wildman–Crippen LogP) is 17.0. The summed E-state index contributed by atoms with van der Waals surface area (Å²) < 4.78 is 6.79. The Labute approximate surface area is 380 Å². The second-order valence-corrected chi connectivity index (χ2v) is 17.0. The van der Waals surface area contributed by atoms with Crippen molar-refractivity contribution in [3.8, 4) is 28.0 Å². The van der Waals surface area contributed by atoms with Gasteiger partial charge < -0.3 is 4.74 Å². The van der Waals surface area contributed by atoms with Crippen LogP contribution in [0.15, 0.2) is 113 Å². The van der Waals surface area contributed by atoms with Crippen molar-refractivity contribution in [2.45, 2.75) is 157 Å². The Morgan fingerprint density at radius 3 is 1.34 bits per heavy atom. The largest absolute Gasteiger partial charge is 2.00 e. The van der Waals surface area contributed by atoms with Crippen LogP contribution in [0.2, 0.25) is 0 Å². The molecule has 5 heteroatoms. The molecule has 0 aliphatic rings. The van der Waals surface area contributed by atoms with Gasteiger partial charge in [-0.3, -0.25) is 9.98 Å². The van der Waals surface area contributed by atoms with Crippen molar-refractivity contribution in [3.05, 3.63) is 131 Å². The number of rotatable bonds is 26. The van der Waals surface area contributed by atoms with Crippen LogP contribution in [0.3, 0.4) is 0 Å². The van der Waals surface area contributed by atoms with Crippen LogP contribution in [0.4, 0.5) is 11.4 Å². The van der Waals surface area contributed by atoms with E-state index in [4.69, 9.17) is 19.7 Å². The van der Waals surface area contributed by atoms with Crippen molar-refractivity contribution in [2.75, 3.05) is 6.61 Å². The van der Waals surface area contributed by atoms with Crippen LogP contribution in [0.25, 0.3) is 22.3 Å². The van der Waals surface area contributed by atoms with E-state index in [-0.39, 0.29) is 17.1 Å². The van der Waals surface area contributed by atoms with Crippen LogP contribution in [0.5, 0.6) is 5.75 Å². The molecule has 5 rings (SSSR count). The molecular weight excluding hydrogens is 786 g/mol. The Kier molecular flexibility index (Phi) is 22.3. The minimum atomic E-state index is 0. The van der Waals surface area contributed by atoms with Crippen LogP contribution in [-0.4, -0.2) is 23.0 Å². The van der Waals surface area contributed by atoms with Crippen LogP contribution in [0, 0.1) is 20.8 Å². The molecule has 0 radical (unpaired) electrons. The monoisotopic (exact) mass is 860 g/mol. The van der Waals surface area contributed by atoms with Gasteiger partial charge in [0.25, 0.3) is 0 Å². The number of benzene rings is 4. The average molecular weight is 860 g/mol. The fraction of sp³-hybridized carbons (Fsp3) is 0.446. The summed E-state index contributed by atoms with van der Waals surface area (Å²) in [5, 5.41) is 0. The van der Waals surface area contributed by atoms with Crippen LogP contribution < -0.4 is 4.74 Å². The maximum Gasteiger partial charge on any atom is 2.00 e. The molecule has 0 amide bonds. The van der Waals surface area contributed by atoms with Gasteiger partial charge in [-0.2, -0.15) is 0 Å². The first-order chi connectivity index (χ1) is 29.3. The Hall–Kier alpha value is -4.31. The summed E-state index contributed by atoms with van der Waals surface area (Å²) in [7, 11) is 0. The van der Waals surface area contributed by atoms with Crippen molar-refractivity contribution in [1.82, 2.24) is 4.98 Å². The first-order valence-corrected chi connectivity index (χ1v) is 23.4. The van der Waals surface area contributed by atoms with E-state index in [2.05, 4.69) is 113 Å². The Morgan fingerprint density at radius 2 is 0.902 bits per heavy atom. The molecule has 0 aliphatic heterocycles. The number of aromatic nitrogens is 1. The van der Waals surface area contributed by atoms with Gasteiger partial charge in [0, 0.05) is 11.1 Å². The van der Waals surface area contributed by atoms with Crippen molar-refractivity contribution in [2.24, 2.45) is 9.98 Å². The second kappa shape index (κ2) is 27.6. The first-order valence-electron chi connectivity index (χ1n) is 23.4. The molecule has 61 heavy (non-hydrogen) atoms. The van der Waals surface area contributed by atoms with Gasteiger partial charge in [0.1, 0.15) is 5.75 Å². The summed E-state index contributed by atoms with van der Waals surface area (Å²) in [6, 6.07) is 36.0. The van der Waals surface area contributed by atoms with E-state index in [1.807, 2.05) is 32.0 Å². The van der Waals surface area contributed by atoms with E-state index in [0.29, 0.717) is 6.61 Å². The van der Waals surface area contributed by atoms with Gasteiger partial charge in [-0.25, -0.2) is 4.98 Å². The zero-order chi connectivity index (χ0) is 42.4. The normalized spacial score (nSPS) is 11.8. The molecule has 0 saturated heterocycles. The fourth-order valence-electron chi connectivity index (χ4n) is 8.34. The third-order valence-corrected chi connectivity index (χ3v) is 11.7. The smallest absolute Gasteiger partial charge is 0.492 e. The Balaban J connectivity index is 0.00000819. The molecule has 0 fully saturated rings. The number of aryl methyl sites for hydroxylation is 3. The van der Waals surface area contributed by atoms with Crippen LogP contribution in [0.1, 0.15) is 164 Å². The minimum Gasteiger partial charge on any atom is -0.492 e. The third kappa shape index (κ3) is 16.5. The summed E-state index contributed by atoms with van der Waals surface area (Å²) >= 11 is 0. The van der Waals surface area contributed by atoms with Gasteiger partial charge in [0.2, 0.25) is 0 Å². The zero-order valence-electron chi connectivity index (χ0n) is 38.4. The topological polar surface area (TPSA) is 46.8 Å². The van der Waals surface area contributed by atoms with Gasteiger partial charge in [-0.1, -0.05) is 201 Å². The molecule has 324 valence electrons. The number of hydrogen-bond donors (Lipinski definition) is 0. The summed E-state index contributed by atoms with van der Waals surface area (Å²) in [4.78, 5) is 15.3. The Morgan fingerprint density at radius 1 is 0.492 bits per heavy atom. The molecule has 5 aromatic rings. The van der Waals surface area contributed by atoms with Gasteiger partial charge in [0.15, 0.2) is 0 Å². The van der Waals surface area contributed by atoms with E-state index in [9.17, 15) is 0 Å². The molecule has 0 aliphatic carbocycles. The molecular formula is C56H73FeN3O+2. The van der Waals surface area contributed by atoms with Gasteiger partial charge in [-0.15, -0.1) is 0 Å². The van der Waals surface area contributed by atoms with E-state index in [1.54, 1.807) is 0 Å². The number of ether oxygens (including phenoxy) is 1. The molecule has 0 unspecified atom stereocenters. The first kappa shape index (κ1) is 49.3. The molecule has 4 nitrogen and oxygen atoms in total. The number of pyridine rings is 1. The van der Waals surface area contributed by atoms with Gasteiger partial charge in [0.05, 0.1) is 40.8 Å². The number of unbranched alkanes of at least 4 members (excludes halogenated alkanes) is 17. The standard InChI is InChI=1S/C56H73N3O.Fe/c1-7-8-9-10-11-12-13-14-15-16-17-18-19-20-21-22-23-30-38-60-56-51(48-32-26-24-27-33-48)41-50(42-52(56)49-34-28-25-29-35-49)57-46(5)53-36-31-37-54(59-53)47(6)58-55-44(3)39-43(2)40-45(55)4;/h24-29,31-37,39-42H,7-23,30,38H2,1-6H3;/q;+2. The quantitative estimate of drug-likeness (QED) is 0.0316. The minimum absolute atomic E-state index is 0. The molecule has 0 saturated carbocycles. The fourth-order valence-corrected chi connectivity index (χ4v) is 8.34. The van der Waals surface area contributed by atoms with Crippen molar-refractivity contribution >= 4 is 22.8 Å². The summed E-state index contributed by atoms with van der Waals surface area (Å²) in [6.07, 6.45) is 24.6. The maximum atomic E-state index is 6.79. The van der Waals surface area contributed by atoms with E-state index in [0.717, 1.165) is 68.6 Å². The number of aliphatic imine (C=N–C) groups is 2. The SMILES string of the molecule is CCCCCCCCCCCCCCCCCCCCOc1c(-c2ccccc2)cc(N=C(C)c2cccc(C(C)=Nc3c(C)cc(C)cc3C)n2)cc1-c1ccccc1.[Fe+2]. The van der Waals surface area contributed by atoms with E-state index >= 15 is 0 Å². The molecule has 0 bridgehead atoms. The average Bonchev–Trinajstić information content (AvgIpc) is 3.26. The summed E-state index contributed by atoms with van der Waals surface area (Å²) in [5.74, 6) is 0.921. The van der Waals surface area contributed by atoms with Crippen molar-refractivity contribution in [1.29, 1.82) is 0 Å². The van der Waals surface area contributed by atoms with Crippen molar-refractivity contribution in [3.63, 3.8) is 0 Å². The van der Waals surface area contributed by atoms with Gasteiger partial charge in [-0.05, 0) is 87.6 Å². The van der Waals surface area contributed by atoms with Crippen LogP contribution in [-0.2, 0) is 17.1 Å². The third-order valence-electron chi connectivity index (χ3n) is 11.7. The summed E-state index contributed by atoms with van der Waals surface area (Å²) in [5.41, 5.74) is 13.2. The van der Waals surface area contributed by atoms with E-state index in [1.165, 1.54) is 126 Å². The second-order valence-electron chi connectivity index (χ2n) is 17.0. The molecule has 1 aromatic heterocycles. The van der Waals surface area contributed by atoms with Gasteiger partial charge >= 0.3 is 17.1 Å². The molecule has 1 heterocycles. The van der Waals surface area contributed by atoms with E-state index < -0.39 is 0 Å². The zero-order valence-corrected chi connectivity index (χ0v) is 39.5. The molecule has 0 spiro atoms. The number of hydrogen-bond acceptors (Lipinski definition) is 4.